The minimum Gasteiger partial charge on any atom is -0.395 e. The van der Waals surface area contributed by atoms with Crippen molar-refractivity contribution in [2.75, 3.05) is 6.61 Å². The van der Waals surface area contributed by atoms with Crippen molar-refractivity contribution in [3.63, 3.8) is 0 Å². The lowest BCUT2D eigenvalue weighted by atomic mass is 9.98. The van der Waals surface area contributed by atoms with Gasteiger partial charge in [0.15, 0.2) is 0 Å². The molecule has 3 N–H and O–H groups in total. The fraction of sp³-hybridized carbons (Fsp3) is 0.455. The Kier molecular flexibility index (Phi) is 3.93. The number of benzene rings is 1. The number of hydrogen-bond donors (Lipinski definition) is 2. The quantitative estimate of drug-likeness (QED) is 0.837. The van der Waals surface area contributed by atoms with Gasteiger partial charge in [-0.05, 0) is 25.0 Å². The number of halogens is 3. The summed E-state index contributed by atoms with van der Waals surface area (Å²) in [5, 5.41) is 8.75. The van der Waals surface area contributed by atoms with Crippen molar-refractivity contribution in [1.29, 1.82) is 0 Å². The summed E-state index contributed by atoms with van der Waals surface area (Å²) in [5.74, 6) is 0. The number of aliphatic hydroxyl groups excluding tert-OH is 1. The highest BCUT2D eigenvalue weighted by molar-refractivity contribution is 5.34. The van der Waals surface area contributed by atoms with E-state index in [1.54, 1.807) is 6.92 Å². The van der Waals surface area contributed by atoms with Crippen LogP contribution in [0.5, 0.6) is 0 Å². The van der Waals surface area contributed by atoms with Gasteiger partial charge in [0, 0.05) is 6.04 Å². The number of rotatable bonds is 3. The second-order valence-corrected chi connectivity index (χ2v) is 3.81. The molecule has 0 fully saturated rings. The summed E-state index contributed by atoms with van der Waals surface area (Å²) >= 11 is 0. The summed E-state index contributed by atoms with van der Waals surface area (Å²) in [5.41, 5.74) is 5.65. The Morgan fingerprint density at radius 3 is 2.50 bits per heavy atom. The van der Waals surface area contributed by atoms with Gasteiger partial charge in [-0.3, -0.25) is 0 Å². The van der Waals surface area contributed by atoms with Crippen molar-refractivity contribution in [3.05, 3.63) is 34.9 Å². The molecule has 0 aromatic heterocycles. The third kappa shape index (κ3) is 3.21. The SMILES string of the molecule is Cc1ccc(C(F)(F)F)c(CC(N)CO)c1. The first kappa shape index (κ1) is 13.0. The molecule has 1 aromatic rings. The Labute approximate surface area is 91.9 Å². The largest absolute Gasteiger partial charge is 0.416 e. The molecule has 0 bridgehead atoms. The lowest BCUT2D eigenvalue weighted by Gasteiger charge is -2.15. The summed E-state index contributed by atoms with van der Waals surface area (Å²) in [6.07, 6.45) is -4.36. The Morgan fingerprint density at radius 1 is 1.38 bits per heavy atom. The van der Waals surface area contributed by atoms with Gasteiger partial charge in [0.25, 0.3) is 0 Å². The number of aliphatic hydroxyl groups is 1. The van der Waals surface area contributed by atoms with Crippen LogP contribution in [0.25, 0.3) is 0 Å². The number of alkyl halides is 3. The predicted octanol–water partition coefficient (Wildman–Crippen LogP) is 1.88. The van der Waals surface area contributed by atoms with Crippen LogP contribution in [0.1, 0.15) is 16.7 Å². The Hall–Kier alpha value is -1.07. The number of hydrogen-bond acceptors (Lipinski definition) is 2. The molecule has 0 saturated carbocycles. The lowest BCUT2D eigenvalue weighted by molar-refractivity contribution is -0.138. The molecule has 16 heavy (non-hydrogen) atoms. The Bertz CT molecular complexity index is 363. The summed E-state index contributed by atoms with van der Waals surface area (Å²) in [4.78, 5) is 0. The molecule has 0 aliphatic rings. The van der Waals surface area contributed by atoms with Crippen molar-refractivity contribution in [3.8, 4) is 0 Å². The summed E-state index contributed by atoms with van der Waals surface area (Å²) < 4.78 is 37.9. The molecule has 1 rings (SSSR count). The monoisotopic (exact) mass is 233 g/mol. The van der Waals surface area contributed by atoms with Crippen LogP contribution in [-0.2, 0) is 12.6 Å². The van der Waals surface area contributed by atoms with E-state index in [9.17, 15) is 13.2 Å². The van der Waals surface area contributed by atoms with E-state index in [0.717, 1.165) is 11.6 Å². The van der Waals surface area contributed by atoms with Crippen molar-refractivity contribution in [2.45, 2.75) is 25.6 Å². The molecule has 0 radical (unpaired) electrons. The predicted molar refractivity (Wildman–Crippen MR) is 54.9 cm³/mol. The van der Waals surface area contributed by atoms with Crippen LogP contribution < -0.4 is 5.73 Å². The van der Waals surface area contributed by atoms with Gasteiger partial charge in [-0.2, -0.15) is 13.2 Å². The van der Waals surface area contributed by atoms with Gasteiger partial charge >= 0.3 is 6.18 Å². The zero-order chi connectivity index (χ0) is 12.3. The molecule has 0 spiro atoms. The number of aryl methyl sites for hydroxylation is 1. The van der Waals surface area contributed by atoms with Crippen molar-refractivity contribution in [2.24, 2.45) is 5.73 Å². The van der Waals surface area contributed by atoms with Crippen molar-refractivity contribution < 1.29 is 18.3 Å². The summed E-state index contributed by atoms with van der Waals surface area (Å²) in [7, 11) is 0. The minimum atomic E-state index is -4.38. The number of nitrogens with two attached hydrogens (primary N) is 1. The molecule has 2 nitrogen and oxygen atoms in total. The molecule has 0 aliphatic carbocycles. The maximum absolute atomic E-state index is 12.6. The molecule has 0 aliphatic heterocycles. The van der Waals surface area contributed by atoms with E-state index in [0.29, 0.717) is 0 Å². The molecule has 0 amide bonds. The smallest absolute Gasteiger partial charge is 0.395 e. The van der Waals surface area contributed by atoms with Gasteiger partial charge in [-0.1, -0.05) is 17.7 Å². The van der Waals surface area contributed by atoms with Crippen LogP contribution in [0.4, 0.5) is 13.2 Å². The van der Waals surface area contributed by atoms with Gasteiger partial charge < -0.3 is 10.8 Å². The van der Waals surface area contributed by atoms with E-state index in [-0.39, 0.29) is 18.6 Å². The maximum Gasteiger partial charge on any atom is 0.416 e. The van der Waals surface area contributed by atoms with Gasteiger partial charge in [0.2, 0.25) is 0 Å². The van der Waals surface area contributed by atoms with Gasteiger partial charge in [-0.15, -0.1) is 0 Å². The Morgan fingerprint density at radius 2 is 2.00 bits per heavy atom. The molecule has 1 unspecified atom stereocenters. The molecular formula is C11H14F3NO. The third-order valence-corrected chi connectivity index (χ3v) is 2.28. The van der Waals surface area contributed by atoms with Crippen LogP contribution in [0.2, 0.25) is 0 Å². The molecule has 90 valence electrons. The van der Waals surface area contributed by atoms with E-state index in [1.165, 1.54) is 12.1 Å². The first-order valence-electron chi connectivity index (χ1n) is 4.87. The Balaban J connectivity index is 3.09. The van der Waals surface area contributed by atoms with Gasteiger partial charge in [-0.25, -0.2) is 0 Å². The molecule has 0 heterocycles. The second kappa shape index (κ2) is 4.84. The van der Waals surface area contributed by atoms with E-state index >= 15 is 0 Å². The minimum absolute atomic E-state index is 0.0209. The van der Waals surface area contributed by atoms with E-state index in [2.05, 4.69) is 0 Å². The van der Waals surface area contributed by atoms with Gasteiger partial charge in [0.1, 0.15) is 0 Å². The highest BCUT2D eigenvalue weighted by Gasteiger charge is 2.33. The third-order valence-electron chi connectivity index (χ3n) is 2.28. The molecule has 1 atom stereocenters. The highest BCUT2D eigenvalue weighted by Crippen LogP contribution is 2.32. The molecule has 0 saturated heterocycles. The molecule has 1 aromatic carbocycles. The molecule has 5 heteroatoms. The maximum atomic E-state index is 12.6. The zero-order valence-corrected chi connectivity index (χ0v) is 8.88. The topological polar surface area (TPSA) is 46.2 Å². The van der Waals surface area contributed by atoms with Crippen molar-refractivity contribution in [1.82, 2.24) is 0 Å². The zero-order valence-electron chi connectivity index (χ0n) is 8.88. The van der Waals surface area contributed by atoms with Crippen LogP contribution >= 0.6 is 0 Å². The normalized spacial score (nSPS) is 13.9. The molecular weight excluding hydrogens is 219 g/mol. The summed E-state index contributed by atoms with van der Waals surface area (Å²) in [6, 6.07) is 3.26. The highest BCUT2D eigenvalue weighted by atomic mass is 19.4. The fourth-order valence-corrected chi connectivity index (χ4v) is 1.51. The van der Waals surface area contributed by atoms with E-state index < -0.39 is 17.8 Å². The van der Waals surface area contributed by atoms with E-state index in [4.69, 9.17) is 10.8 Å². The fourth-order valence-electron chi connectivity index (χ4n) is 1.51. The average Bonchev–Trinajstić information content (AvgIpc) is 2.15. The van der Waals surface area contributed by atoms with Crippen LogP contribution in [0.15, 0.2) is 18.2 Å². The van der Waals surface area contributed by atoms with Crippen molar-refractivity contribution >= 4 is 0 Å². The lowest BCUT2D eigenvalue weighted by Crippen LogP contribution is -2.28. The first-order chi connectivity index (χ1) is 7.34. The average molecular weight is 233 g/mol. The second-order valence-electron chi connectivity index (χ2n) is 3.81. The van der Waals surface area contributed by atoms with Crippen LogP contribution in [0.3, 0.4) is 0 Å². The van der Waals surface area contributed by atoms with E-state index in [1.807, 2.05) is 0 Å². The van der Waals surface area contributed by atoms with Gasteiger partial charge in [0.05, 0.1) is 12.2 Å². The standard InChI is InChI=1S/C11H14F3NO/c1-7-2-3-10(11(12,13)14)8(4-7)5-9(15)6-16/h2-4,9,16H,5-6,15H2,1H3. The summed E-state index contributed by atoms with van der Waals surface area (Å²) in [6.45, 7) is 1.39. The van der Waals surface area contributed by atoms with Crippen LogP contribution in [0, 0.1) is 6.92 Å². The van der Waals surface area contributed by atoms with Crippen LogP contribution in [-0.4, -0.2) is 17.8 Å². The first-order valence-corrected chi connectivity index (χ1v) is 4.87.